The third-order valence-electron chi connectivity index (χ3n) is 4.20. The van der Waals surface area contributed by atoms with E-state index in [4.69, 9.17) is 0 Å². The molecule has 0 radical (unpaired) electrons. The molecule has 1 atom stereocenters. The topological polar surface area (TPSA) is 32.3 Å². The fourth-order valence-corrected chi connectivity index (χ4v) is 2.93. The molecule has 25 heavy (non-hydrogen) atoms. The Bertz CT molecular complexity index is 758. The van der Waals surface area contributed by atoms with E-state index in [1.165, 1.54) is 24.3 Å². The molecule has 0 aromatic heterocycles. The van der Waals surface area contributed by atoms with Gasteiger partial charge < -0.3 is 10.2 Å². The molecule has 1 aliphatic rings. The summed E-state index contributed by atoms with van der Waals surface area (Å²) in [6.45, 7) is 1.41. The van der Waals surface area contributed by atoms with Crippen molar-refractivity contribution in [1.29, 1.82) is 0 Å². The number of hydrogen-bond acceptors (Lipinski definition) is 2. The zero-order valence-corrected chi connectivity index (χ0v) is 13.2. The highest BCUT2D eigenvalue weighted by molar-refractivity contribution is 5.94. The fourth-order valence-electron chi connectivity index (χ4n) is 2.93. The molecule has 1 N–H and O–H groups in total. The fraction of sp³-hybridized carbons (Fsp3) is 0.278. The van der Waals surface area contributed by atoms with E-state index in [1.807, 2.05) is 0 Å². The maximum absolute atomic E-state index is 13.5. The van der Waals surface area contributed by atoms with Gasteiger partial charge in [0.2, 0.25) is 0 Å². The van der Waals surface area contributed by atoms with Gasteiger partial charge in [0.15, 0.2) is 0 Å². The number of hydrogen-bond donors (Lipinski definition) is 1. The van der Waals surface area contributed by atoms with Crippen molar-refractivity contribution in [2.45, 2.75) is 12.2 Å². The number of alkyl halides is 3. The Kier molecular flexibility index (Phi) is 4.76. The van der Waals surface area contributed by atoms with Crippen molar-refractivity contribution >= 4 is 5.91 Å². The number of benzene rings is 2. The average molecular weight is 352 g/mol. The summed E-state index contributed by atoms with van der Waals surface area (Å²) < 4.78 is 51.5. The zero-order chi connectivity index (χ0) is 18.0. The molecule has 1 fully saturated rings. The third-order valence-corrected chi connectivity index (χ3v) is 4.20. The summed E-state index contributed by atoms with van der Waals surface area (Å²) in [5.41, 5.74) is 0.0230. The van der Waals surface area contributed by atoms with Gasteiger partial charge in [-0.15, -0.1) is 0 Å². The summed E-state index contributed by atoms with van der Waals surface area (Å²) in [6, 6.07) is 9.75. The van der Waals surface area contributed by atoms with Crippen LogP contribution in [-0.4, -0.2) is 30.4 Å². The predicted octanol–water partition coefficient (Wildman–Crippen LogP) is 3.63. The van der Waals surface area contributed by atoms with Gasteiger partial charge in [0.25, 0.3) is 5.91 Å². The van der Waals surface area contributed by atoms with Crippen LogP contribution in [0.4, 0.5) is 17.6 Å². The van der Waals surface area contributed by atoms with Gasteiger partial charge in [0.1, 0.15) is 5.82 Å². The maximum atomic E-state index is 13.5. The molecule has 1 amide bonds. The largest absolute Gasteiger partial charge is 0.416 e. The minimum Gasteiger partial charge on any atom is -0.329 e. The first-order chi connectivity index (χ1) is 11.9. The summed E-state index contributed by atoms with van der Waals surface area (Å²) >= 11 is 0. The second-order valence-corrected chi connectivity index (χ2v) is 5.85. The Morgan fingerprint density at radius 1 is 1.12 bits per heavy atom. The molecule has 3 rings (SSSR count). The first kappa shape index (κ1) is 17.4. The molecule has 1 unspecified atom stereocenters. The minimum atomic E-state index is -4.44. The van der Waals surface area contributed by atoms with Crippen LogP contribution < -0.4 is 5.32 Å². The van der Waals surface area contributed by atoms with Gasteiger partial charge in [-0.05, 0) is 42.0 Å². The van der Waals surface area contributed by atoms with E-state index in [2.05, 4.69) is 5.32 Å². The van der Waals surface area contributed by atoms with Crippen molar-refractivity contribution in [3.8, 4) is 0 Å². The Morgan fingerprint density at radius 2 is 1.84 bits per heavy atom. The van der Waals surface area contributed by atoms with Gasteiger partial charge in [-0.1, -0.05) is 12.1 Å². The highest BCUT2D eigenvalue weighted by atomic mass is 19.4. The molecule has 3 nitrogen and oxygen atoms in total. The first-order valence-corrected chi connectivity index (χ1v) is 7.80. The minimum absolute atomic E-state index is 0.177. The number of nitrogens with one attached hydrogen (secondary N) is 1. The van der Waals surface area contributed by atoms with Crippen molar-refractivity contribution in [1.82, 2.24) is 10.2 Å². The van der Waals surface area contributed by atoms with Crippen molar-refractivity contribution in [2.75, 3.05) is 19.6 Å². The van der Waals surface area contributed by atoms with E-state index in [1.54, 1.807) is 17.0 Å². The maximum Gasteiger partial charge on any atom is 0.416 e. The lowest BCUT2D eigenvalue weighted by Gasteiger charge is -2.36. The summed E-state index contributed by atoms with van der Waals surface area (Å²) in [4.78, 5) is 14.3. The lowest BCUT2D eigenvalue weighted by molar-refractivity contribution is -0.137. The number of carbonyl (C=O) groups excluding carboxylic acids is 1. The second-order valence-electron chi connectivity index (χ2n) is 5.85. The number of amides is 1. The van der Waals surface area contributed by atoms with Crippen LogP contribution >= 0.6 is 0 Å². The molecule has 2 aromatic rings. The van der Waals surface area contributed by atoms with E-state index in [0.29, 0.717) is 25.2 Å². The van der Waals surface area contributed by atoms with Gasteiger partial charge in [0.05, 0.1) is 11.6 Å². The van der Waals surface area contributed by atoms with Gasteiger partial charge in [-0.25, -0.2) is 4.39 Å². The van der Waals surface area contributed by atoms with Crippen molar-refractivity contribution in [3.05, 3.63) is 71.0 Å². The predicted molar refractivity (Wildman–Crippen MR) is 84.5 cm³/mol. The molecule has 1 saturated heterocycles. The molecular weight excluding hydrogens is 336 g/mol. The SMILES string of the molecule is O=C(c1ccc(C(F)(F)F)cc1)N1CCNCC1c1cccc(F)c1. The monoisotopic (exact) mass is 352 g/mol. The van der Waals surface area contributed by atoms with Gasteiger partial charge in [0, 0.05) is 25.2 Å². The van der Waals surface area contributed by atoms with Gasteiger partial charge in [-0.2, -0.15) is 13.2 Å². The Balaban J connectivity index is 1.86. The Labute approximate surface area is 142 Å². The Morgan fingerprint density at radius 3 is 2.48 bits per heavy atom. The van der Waals surface area contributed by atoms with E-state index in [-0.39, 0.29) is 17.5 Å². The number of carbonyl (C=O) groups is 1. The van der Waals surface area contributed by atoms with E-state index < -0.39 is 17.6 Å². The highest BCUT2D eigenvalue weighted by Gasteiger charge is 2.32. The molecule has 0 aliphatic carbocycles. The lowest BCUT2D eigenvalue weighted by Crippen LogP contribution is -2.48. The third kappa shape index (κ3) is 3.82. The lowest BCUT2D eigenvalue weighted by atomic mass is 10.0. The van der Waals surface area contributed by atoms with E-state index in [0.717, 1.165) is 12.1 Å². The summed E-state index contributed by atoms with van der Waals surface area (Å²) in [5.74, 6) is -0.769. The highest BCUT2D eigenvalue weighted by Crippen LogP contribution is 2.30. The molecule has 0 saturated carbocycles. The molecule has 132 valence electrons. The van der Waals surface area contributed by atoms with Crippen molar-refractivity contribution in [3.63, 3.8) is 0 Å². The van der Waals surface area contributed by atoms with Crippen LogP contribution in [0.25, 0.3) is 0 Å². The van der Waals surface area contributed by atoms with Crippen LogP contribution in [0, 0.1) is 5.82 Å². The summed E-state index contributed by atoms with van der Waals surface area (Å²) in [7, 11) is 0. The Hall–Kier alpha value is -2.41. The molecular formula is C18H16F4N2O. The molecule has 2 aromatic carbocycles. The van der Waals surface area contributed by atoms with Crippen molar-refractivity contribution in [2.24, 2.45) is 0 Å². The smallest absolute Gasteiger partial charge is 0.329 e. The normalized spacial score (nSPS) is 18.2. The van der Waals surface area contributed by atoms with Gasteiger partial charge >= 0.3 is 6.18 Å². The van der Waals surface area contributed by atoms with Crippen LogP contribution in [0.3, 0.4) is 0 Å². The molecule has 1 heterocycles. The molecule has 7 heteroatoms. The van der Waals surface area contributed by atoms with Crippen LogP contribution in [0.2, 0.25) is 0 Å². The second kappa shape index (κ2) is 6.84. The number of piperazine rings is 1. The van der Waals surface area contributed by atoms with E-state index in [9.17, 15) is 22.4 Å². The quantitative estimate of drug-likeness (QED) is 0.837. The van der Waals surface area contributed by atoms with Crippen LogP contribution in [0.15, 0.2) is 48.5 Å². The molecule has 1 aliphatic heterocycles. The molecule has 0 spiro atoms. The average Bonchev–Trinajstić information content (AvgIpc) is 2.60. The number of nitrogens with zero attached hydrogens (tertiary/aromatic N) is 1. The van der Waals surface area contributed by atoms with Crippen LogP contribution in [0.1, 0.15) is 27.5 Å². The van der Waals surface area contributed by atoms with Gasteiger partial charge in [-0.3, -0.25) is 4.79 Å². The number of halogens is 4. The standard InChI is InChI=1S/C18H16F4N2O/c19-15-3-1-2-13(10-15)16-11-23-8-9-24(16)17(25)12-4-6-14(7-5-12)18(20,21)22/h1-7,10,16,23H,8-9,11H2. The molecule has 0 bridgehead atoms. The number of rotatable bonds is 2. The summed E-state index contributed by atoms with van der Waals surface area (Å²) in [5, 5.41) is 3.15. The van der Waals surface area contributed by atoms with Crippen LogP contribution in [-0.2, 0) is 6.18 Å². The first-order valence-electron chi connectivity index (χ1n) is 7.80. The van der Waals surface area contributed by atoms with Crippen LogP contribution in [0.5, 0.6) is 0 Å². The van der Waals surface area contributed by atoms with Crippen molar-refractivity contribution < 1.29 is 22.4 Å². The summed E-state index contributed by atoms with van der Waals surface area (Å²) in [6.07, 6.45) is -4.44. The zero-order valence-electron chi connectivity index (χ0n) is 13.2. The van der Waals surface area contributed by atoms with E-state index >= 15 is 0 Å².